The van der Waals surface area contributed by atoms with E-state index in [1.54, 1.807) is 21.9 Å². The molecule has 6 nitrogen and oxygen atoms in total. The van der Waals surface area contributed by atoms with Crippen molar-refractivity contribution in [3.05, 3.63) is 146 Å². The summed E-state index contributed by atoms with van der Waals surface area (Å²) in [6, 6.07) is 28.9. The first-order valence-corrected chi connectivity index (χ1v) is 14.2. The largest absolute Gasteiger partial charge is 0.450 e. The van der Waals surface area contributed by atoms with E-state index in [0.29, 0.717) is 35.2 Å². The summed E-state index contributed by atoms with van der Waals surface area (Å²) in [4.78, 5) is 47.1. The van der Waals surface area contributed by atoms with Crippen LogP contribution in [0.4, 0.5) is 5.69 Å². The van der Waals surface area contributed by atoms with Gasteiger partial charge in [0.25, 0.3) is 11.8 Å². The molecule has 3 heterocycles. The van der Waals surface area contributed by atoms with Crippen LogP contribution in [0.1, 0.15) is 49.5 Å². The van der Waals surface area contributed by atoms with Crippen LogP contribution in [0, 0.1) is 20.8 Å². The van der Waals surface area contributed by atoms with Crippen molar-refractivity contribution in [1.82, 2.24) is 4.90 Å². The van der Waals surface area contributed by atoms with Crippen LogP contribution in [-0.2, 0) is 23.3 Å². The molecule has 2 aliphatic rings. The summed E-state index contributed by atoms with van der Waals surface area (Å²) in [6.07, 6.45) is 0.515. The molecule has 5 aromatic rings. The average Bonchev–Trinajstić information content (AvgIpc) is 3.38. The highest BCUT2D eigenvalue weighted by atomic mass is 16.3. The van der Waals surface area contributed by atoms with Gasteiger partial charge in [0.15, 0.2) is 11.0 Å². The van der Waals surface area contributed by atoms with Crippen LogP contribution in [0.5, 0.6) is 0 Å². The summed E-state index contributed by atoms with van der Waals surface area (Å²) in [5.74, 6) is -0.814. The second-order valence-electron chi connectivity index (χ2n) is 11.3. The van der Waals surface area contributed by atoms with Gasteiger partial charge >= 0.3 is 0 Å². The zero-order valence-electron chi connectivity index (χ0n) is 23.8. The van der Waals surface area contributed by atoms with Crippen LogP contribution in [0.25, 0.3) is 11.0 Å². The molecular formula is C36H30N2O4. The quantitative estimate of drug-likeness (QED) is 0.259. The van der Waals surface area contributed by atoms with Crippen molar-refractivity contribution < 1.29 is 14.0 Å². The fourth-order valence-electron chi connectivity index (χ4n) is 6.55. The van der Waals surface area contributed by atoms with Gasteiger partial charge in [-0.15, -0.1) is 0 Å². The van der Waals surface area contributed by atoms with E-state index in [2.05, 4.69) is 0 Å². The zero-order valence-corrected chi connectivity index (χ0v) is 23.8. The van der Waals surface area contributed by atoms with Gasteiger partial charge < -0.3 is 14.2 Å². The second kappa shape index (κ2) is 9.55. The van der Waals surface area contributed by atoms with Crippen LogP contribution in [0.15, 0.2) is 100 Å². The Hall–Kier alpha value is -4.97. The highest BCUT2D eigenvalue weighted by molar-refractivity contribution is 6.17. The van der Waals surface area contributed by atoms with E-state index in [-0.39, 0.29) is 29.2 Å². The molecule has 0 N–H and O–H groups in total. The Morgan fingerprint density at radius 1 is 0.762 bits per heavy atom. The third kappa shape index (κ3) is 3.61. The Labute approximate surface area is 243 Å². The molecule has 42 heavy (non-hydrogen) atoms. The van der Waals surface area contributed by atoms with Crippen LogP contribution in [-0.4, -0.2) is 23.3 Å². The first kappa shape index (κ1) is 26.0. The Bertz CT molecular complexity index is 1980. The molecule has 1 atom stereocenters. The molecular weight excluding hydrogens is 524 g/mol. The minimum Gasteiger partial charge on any atom is -0.450 e. The monoisotopic (exact) mass is 554 g/mol. The SMILES string of the molecule is Cc1cc2oc3c(c(=O)c2cc1C)C1(C(=O)N(Cc2ccccc2C)c2ccccc21)N(CCc1ccccc1)C3=O. The number of nitrogens with zero attached hydrogens (tertiary/aromatic N) is 2. The topological polar surface area (TPSA) is 70.8 Å². The molecule has 2 aliphatic heterocycles. The van der Waals surface area contributed by atoms with E-state index in [9.17, 15) is 14.4 Å². The molecule has 7 rings (SSSR count). The Kier molecular flexibility index (Phi) is 5.91. The second-order valence-corrected chi connectivity index (χ2v) is 11.3. The van der Waals surface area contributed by atoms with Crippen molar-refractivity contribution >= 4 is 28.5 Å². The van der Waals surface area contributed by atoms with Crippen LogP contribution < -0.4 is 10.3 Å². The molecule has 208 valence electrons. The van der Waals surface area contributed by atoms with E-state index in [1.165, 1.54) is 0 Å². The summed E-state index contributed by atoms with van der Waals surface area (Å²) in [5, 5.41) is 0.372. The normalized spacial score (nSPS) is 17.4. The number of aryl methyl sites for hydroxylation is 3. The summed E-state index contributed by atoms with van der Waals surface area (Å²) in [6.45, 7) is 6.45. The Balaban J connectivity index is 1.49. The van der Waals surface area contributed by atoms with Crippen LogP contribution >= 0.6 is 0 Å². The smallest absolute Gasteiger partial charge is 0.291 e. The van der Waals surface area contributed by atoms with Gasteiger partial charge in [0.1, 0.15) is 5.58 Å². The standard InChI is InChI=1S/C36H30N2O4/c1-22-11-7-8-14-26(22)21-37-29-16-10-9-15-28(29)36(35(37)41)31-32(39)27-19-23(2)24(3)20-30(27)42-33(31)34(40)38(36)18-17-25-12-5-4-6-13-25/h4-16,19-20H,17-18,21H2,1-3H3. The first-order valence-electron chi connectivity index (χ1n) is 14.2. The molecule has 0 saturated heterocycles. The summed E-state index contributed by atoms with van der Waals surface area (Å²) < 4.78 is 6.28. The van der Waals surface area contributed by atoms with Crippen molar-refractivity contribution in [1.29, 1.82) is 0 Å². The first-order chi connectivity index (χ1) is 20.3. The fourth-order valence-corrected chi connectivity index (χ4v) is 6.55. The summed E-state index contributed by atoms with van der Waals surface area (Å²) >= 11 is 0. The lowest BCUT2D eigenvalue weighted by Crippen LogP contribution is -2.53. The van der Waals surface area contributed by atoms with Gasteiger partial charge in [0, 0.05) is 12.1 Å². The van der Waals surface area contributed by atoms with Crippen molar-refractivity contribution in [2.75, 3.05) is 11.4 Å². The van der Waals surface area contributed by atoms with Crippen molar-refractivity contribution in [2.24, 2.45) is 0 Å². The molecule has 6 heteroatoms. The van der Waals surface area contributed by atoms with Gasteiger partial charge in [-0.2, -0.15) is 0 Å². The van der Waals surface area contributed by atoms with E-state index in [4.69, 9.17) is 4.42 Å². The van der Waals surface area contributed by atoms with E-state index < -0.39 is 11.4 Å². The number of benzene rings is 4. The van der Waals surface area contributed by atoms with Gasteiger partial charge in [-0.1, -0.05) is 72.8 Å². The van der Waals surface area contributed by atoms with Crippen molar-refractivity contribution in [3.8, 4) is 0 Å². The van der Waals surface area contributed by atoms with E-state index in [0.717, 1.165) is 27.8 Å². The number of carbonyl (C=O) groups is 2. The highest BCUT2D eigenvalue weighted by Crippen LogP contribution is 2.53. The van der Waals surface area contributed by atoms with E-state index >= 15 is 0 Å². The number of anilines is 1. The van der Waals surface area contributed by atoms with Gasteiger partial charge in [-0.05, 0) is 73.2 Å². The molecule has 1 spiro atoms. The van der Waals surface area contributed by atoms with Gasteiger partial charge in [-0.3, -0.25) is 14.4 Å². The van der Waals surface area contributed by atoms with Gasteiger partial charge in [0.05, 0.1) is 23.2 Å². The highest BCUT2D eigenvalue weighted by Gasteiger charge is 2.64. The number of fused-ring (bicyclic) bond motifs is 5. The molecule has 1 unspecified atom stereocenters. The van der Waals surface area contributed by atoms with Gasteiger partial charge in [0.2, 0.25) is 5.76 Å². The molecule has 2 amide bonds. The maximum atomic E-state index is 15.0. The maximum Gasteiger partial charge on any atom is 0.291 e. The lowest BCUT2D eigenvalue weighted by Gasteiger charge is -2.34. The van der Waals surface area contributed by atoms with E-state index in [1.807, 2.05) is 99.6 Å². The fraction of sp³-hybridized carbons (Fsp3) is 0.194. The number of hydrogen-bond acceptors (Lipinski definition) is 4. The zero-order chi connectivity index (χ0) is 29.2. The predicted octanol–water partition coefficient (Wildman–Crippen LogP) is 6.21. The minimum atomic E-state index is -1.63. The lowest BCUT2D eigenvalue weighted by atomic mass is 9.83. The number of para-hydroxylation sites is 1. The molecule has 0 saturated carbocycles. The Morgan fingerprint density at radius 2 is 1.45 bits per heavy atom. The summed E-state index contributed by atoms with van der Waals surface area (Å²) in [5.41, 5.74) is 4.79. The minimum absolute atomic E-state index is 0.0512. The number of amides is 2. The molecule has 1 aromatic heterocycles. The van der Waals surface area contributed by atoms with Crippen molar-refractivity contribution in [3.63, 3.8) is 0 Å². The molecule has 4 aromatic carbocycles. The van der Waals surface area contributed by atoms with Crippen LogP contribution in [0.2, 0.25) is 0 Å². The number of rotatable bonds is 5. The lowest BCUT2D eigenvalue weighted by molar-refractivity contribution is -0.126. The summed E-state index contributed by atoms with van der Waals surface area (Å²) in [7, 11) is 0. The number of carbonyl (C=O) groups excluding carboxylic acids is 2. The molecule has 0 radical (unpaired) electrons. The van der Waals surface area contributed by atoms with Crippen molar-refractivity contribution in [2.45, 2.75) is 39.3 Å². The average molecular weight is 555 g/mol. The molecule has 0 aliphatic carbocycles. The maximum absolute atomic E-state index is 15.0. The molecule has 0 fully saturated rings. The van der Waals surface area contributed by atoms with Gasteiger partial charge in [-0.25, -0.2) is 0 Å². The van der Waals surface area contributed by atoms with Crippen LogP contribution in [0.3, 0.4) is 0 Å². The third-order valence-electron chi connectivity index (χ3n) is 8.91. The third-order valence-corrected chi connectivity index (χ3v) is 8.91. The molecule has 0 bridgehead atoms. The predicted molar refractivity (Wildman–Crippen MR) is 163 cm³/mol. The Morgan fingerprint density at radius 3 is 2.24 bits per heavy atom. The number of hydrogen-bond donors (Lipinski definition) is 0.